The Labute approximate surface area is 195 Å². The monoisotopic (exact) mass is 488 g/mol. The number of azide groups is 1. The maximum absolute atomic E-state index is 12.0. The summed E-state index contributed by atoms with van der Waals surface area (Å²) >= 11 is 0. The first-order chi connectivity index (χ1) is 14.4. The lowest BCUT2D eigenvalue weighted by Gasteiger charge is -2.49. The van der Waals surface area contributed by atoms with Crippen LogP contribution in [0.4, 0.5) is 0 Å². The van der Waals surface area contributed by atoms with Gasteiger partial charge in [0, 0.05) is 18.9 Å². The Bertz CT molecular complexity index is 699. The highest BCUT2D eigenvalue weighted by atomic mass is 28.4. The van der Waals surface area contributed by atoms with Gasteiger partial charge in [0.1, 0.15) is 6.04 Å². The first-order valence-corrected chi connectivity index (χ1v) is 17.0. The summed E-state index contributed by atoms with van der Waals surface area (Å²) in [5.74, 6) is -0.236. The van der Waals surface area contributed by atoms with E-state index >= 15 is 0 Å². The van der Waals surface area contributed by atoms with E-state index in [2.05, 4.69) is 83.1 Å². The van der Waals surface area contributed by atoms with Gasteiger partial charge in [-0.05, 0) is 41.8 Å². The van der Waals surface area contributed by atoms with E-state index in [1.54, 1.807) is 0 Å². The molecule has 1 aliphatic rings. The van der Waals surface area contributed by atoms with Crippen LogP contribution < -0.4 is 5.32 Å². The van der Waals surface area contributed by atoms with Gasteiger partial charge >= 0.3 is 0 Å². The predicted molar refractivity (Wildman–Crippen MR) is 131 cm³/mol. The maximum Gasteiger partial charge on any atom is 0.217 e. The van der Waals surface area contributed by atoms with E-state index in [-0.39, 0.29) is 22.6 Å². The molecule has 1 saturated heterocycles. The fourth-order valence-electron chi connectivity index (χ4n) is 3.01. The van der Waals surface area contributed by atoms with Gasteiger partial charge in [0.2, 0.25) is 5.91 Å². The summed E-state index contributed by atoms with van der Waals surface area (Å²) in [5, 5.41) is 6.93. The van der Waals surface area contributed by atoms with Gasteiger partial charge in [-0.1, -0.05) is 46.7 Å². The third-order valence-corrected chi connectivity index (χ3v) is 16.1. The average molecular weight is 489 g/mol. The molecule has 0 aromatic carbocycles. The molecule has 0 aromatic heterocycles. The van der Waals surface area contributed by atoms with E-state index in [0.29, 0.717) is 0 Å². The Morgan fingerprint density at radius 1 is 1.09 bits per heavy atom. The van der Waals surface area contributed by atoms with Gasteiger partial charge in [0.15, 0.2) is 22.9 Å². The molecule has 1 heterocycles. The second-order valence-corrected chi connectivity index (χ2v) is 21.2. The first-order valence-electron chi connectivity index (χ1n) is 11.2. The summed E-state index contributed by atoms with van der Waals surface area (Å²) in [4.78, 5) is 15.1. The van der Waals surface area contributed by atoms with E-state index in [9.17, 15) is 10.3 Å². The van der Waals surface area contributed by atoms with Crippen molar-refractivity contribution in [3.05, 3.63) is 10.4 Å². The summed E-state index contributed by atoms with van der Waals surface area (Å²) in [5.41, 5.74) is 9.37. The Hall–Kier alpha value is -0.946. The molecule has 5 atom stereocenters. The molecule has 1 aliphatic heterocycles. The molecule has 0 saturated carbocycles. The van der Waals surface area contributed by atoms with Gasteiger partial charge in [0.25, 0.3) is 0 Å². The lowest BCUT2D eigenvalue weighted by atomic mass is 9.95. The number of hydrogen-bond acceptors (Lipinski definition) is 6. The molecule has 186 valence electrons. The number of amides is 1. The Morgan fingerprint density at radius 3 is 2.03 bits per heavy atom. The normalized spacial score (nSPS) is 27.6. The van der Waals surface area contributed by atoms with E-state index in [1.165, 1.54) is 14.0 Å². The molecule has 0 unspecified atom stereocenters. The van der Waals surface area contributed by atoms with Crippen LogP contribution in [0.5, 0.6) is 0 Å². The number of nitrogens with one attached hydrogen (secondary N) is 1. The molecule has 11 heteroatoms. The van der Waals surface area contributed by atoms with Gasteiger partial charge in [0.05, 0.1) is 24.9 Å². The van der Waals surface area contributed by atoms with Crippen molar-refractivity contribution in [2.24, 2.45) is 5.11 Å². The molecule has 0 bridgehead atoms. The quantitative estimate of drug-likeness (QED) is 0.224. The van der Waals surface area contributed by atoms with E-state index in [4.69, 9.17) is 18.3 Å². The summed E-state index contributed by atoms with van der Waals surface area (Å²) in [6.45, 7) is 23.2. The van der Waals surface area contributed by atoms with Gasteiger partial charge in [-0.25, -0.2) is 0 Å². The van der Waals surface area contributed by atoms with Gasteiger partial charge in [-0.2, -0.15) is 0 Å². The topological polar surface area (TPSA) is 115 Å². The molecule has 1 fully saturated rings. The predicted octanol–water partition coefficient (Wildman–Crippen LogP) is 4.95. The molecule has 0 aliphatic carbocycles. The SMILES string of the molecule is CO[C@@H]1O[C@H](CO[Si](C)(C)C(C)(C)C)[C@H](N=[N+]=[N-])[C@H](O[Si](C)(C)C(C)(C)C)[C@H]1NC(C)=O. The standard InChI is InChI=1S/C21H44N4O5Si2/c1-14(26)23-17-18(30-32(11,12)21(5,6)7)16(24-25-22)15(29-19(17)27-8)13-28-31(9,10)20(2,3)4/h15-19H,13H2,1-12H3,(H,23,26)/t15-,16+,17-,18+,19-/m1/s1. The van der Waals surface area contributed by atoms with Crippen molar-refractivity contribution >= 4 is 22.5 Å². The van der Waals surface area contributed by atoms with Crippen molar-refractivity contribution in [1.82, 2.24) is 5.32 Å². The van der Waals surface area contributed by atoms with Crippen LogP contribution in [0.25, 0.3) is 10.4 Å². The molecule has 0 radical (unpaired) electrons. The van der Waals surface area contributed by atoms with E-state index in [1.807, 2.05) is 0 Å². The molecular weight excluding hydrogens is 444 g/mol. The van der Waals surface area contributed by atoms with Crippen molar-refractivity contribution in [3.63, 3.8) is 0 Å². The van der Waals surface area contributed by atoms with Crippen LogP contribution in [0.15, 0.2) is 5.11 Å². The fraction of sp³-hybridized carbons (Fsp3) is 0.952. The molecular formula is C21H44N4O5Si2. The third kappa shape index (κ3) is 7.02. The summed E-state index contributed by atoms with van der Waals surface area (Å²) in [7, 11) is -2.84. The summed E-state index contributed by atoms with van der Waals surface area (Å²) in [6.07, 6.45) is -1.93. The fourth-order valence-corrected chi connectivity index (χ4v) is 5.34. The summed E-state index contributed by atoms with van der Waals surface area (Å²) in [6, 6.07) is -1.30. The van der Waals surface area contributed by atoms with Crippen molar-refractivity contribution in [3.8, 4) is 0 Å². The Balaban J connectivity index is 3.40. The average Bonchev–Trinajstić information content (AvgIpc) is 2.61. The van der Waals surface area contributed by atoms with Crippen LogP contribution in [-0.4, -0.2) is 66.8 Å². The molecule has 0 aromatic rings. The van der Waals surface area contributed by atoms with Crippen molar-refractivity contribution in [2.45, 2.75) is 115 Å². The van der Waals surface area contributed by atoms with Crippen LogP contribution in [0.2, 0.25) is 36.3 Å². The highest BCUT2D eigenvalue weighted by Crippen LogP contribution is 2.41. The number of hydrogen-bond donors (Lipinski definition) is 1. The number of carbonyl (C=O) groups is 1. The lowest BCUT2D eigenvalue weighted by molar-refractivity contribution is -0.230. The van der Waals surface area contributed by atoms with E-state index < -0.39 is 47.2 Å². The van der Waals surface area contributed by atoms with Crippen molar-refractivity contribution in [2.75, 3.05) is 13.7 Å². The molecule has 9 nitrogen and oxygen atoms in total. The molecule has 1 amide bonds. The van der Waals surface area contributed by atoms with Crippen molar-refractivity contribution < 1.29 is 23.1 Å². The first kappa shape index (κ1) is 29.1. The van der Waals surface area contributed by atoms with Gasteiger partial charge < -0.3 is 23.6 Å². The minimum absolute atomic E-state index is 0.0199. The van der Waals surface area contributed by atoms with Gasteiger partial charge in [-0.15, -0.1) is 0 Å². The largest absolute Gasteiger partial charge is 0.414 e. The Morgan fingerprint density at radius 2 is 1.62 bits per heavy atom. The number of carbonyl (C=O) groups excluding carboxylic acids is 1. The molecule has 1 rings (SSSR count). The molecule has 32 heavy (non-hydrogen) atoms. The van der Waals surface area contributed by atoms with Crippen LogP contribution in [0.3, 0.4) is 0 Å². The molecule has 0 spiro atoms. The van der Waals surface area contributed by atoms with Crippen molar-refractivity contribution in [1.29, 1.82) is 0 Å². The second-order valence-electron chi connectivity index (χ2n) is 11.6. The number of nitrogens with zero attached hydrogens (tertiary/aromatic N) is 3. The zero-order valence-corrected chi connectivity index (χ0v) is 24.0. The van der Waals surface area contributed by atoms with E-state index in [0.717, 1.165) is 0 Å². The Kier molecular flexibility index (Phi) is 9.58. The highest BCUT2D eigenvalue weighted by Gasteiger charge is 2.51. The van der Waals surface area contributed by atoms with Crippen LogP contribution in [-0.2, 0) is 23.1 Å². The highest BCUT2D eigenvalue weighted by molar-refractivity contribution is 6.74. The number of ether oxygens (including phenoxy) is 2. The smallest absolute Gasteiger partial charge is 0.217 e. The minimum atomic E-state index is -2.30. The summed E-state index contributed by atoms with van der Waals surface area (Å²) < 4.78 is 24.9. The van der Waals surface area contributed by atoms with Crippen LogP contribution in [0.1, 0.15) is 48.5 Å². The second kappa shape index (κ2) is 10.5. The lowest BCUT2D eigenvalue weighted by Crippen LogP contribution is -2.67. The zero-order chi connectivity index (χ0) is 25.1. The zero-order valence-electron chi connectivity index (χ0n) is 22.0. The van der Waals surface area contributed by atoms with Crippen LogP contribution in [0, 0.1) is 0 Å². The van der Waals surface area contributed by atoms with Crippen LogP contribution >= 0.6 is 0 Å². The minimum Gasteiger partial charge on any atom is -0.414 e. The third-order valence-electron chi connectivity index (χ3n) is 7.11. The number of rotatable bonds is 8. The molecule has 1 N–H and O–H groups in total. The maximum atomic E-state index is 12.0. The number of methoxy groups -OCH3 is 1. The van der Waals surface area contributed by atoms with Gasteiger partial charge in [-0.3, -0.25) is 4.79 Å².